The summed E-state index contributed by atoms with van der Waals surface area (Å²) in [6.07, 6.45) is -0.258. The molecule has 0 aliphatic rings. The predicted octanol–water partition coefficient (Wildman–Crippen LogP) is 4.21. The Bertz CT molecular complexity index is 545. The first-order chi connectivity index (χ1) is 8.08. The summed E-state index contributed by atoms with van der Waals surface area (Å²) in [6.45, 7) is 0. The Morgan fingerprint density at radius 1 is 1.18 bits per heavy atom. The van der Waals surface area contributed by atoms with E-state index in [1.54, 1.807) is 12.1 Å². The largest absolute Gasteiger partial charge is 0.293 e. The Balaban J connectivity index is 2.24. The first kappa shape index (κ1) is 12.4. The average Bonchev–Trinajstić information content (AvgIpc) is 2.70. The predicted molar refractivity (Wildman–Crippen MR) is 66.4 cm³/mol. The number of carbonyl (C=O) groups excluding carboxylic acids is 1. The van der Waals surface area contributed by atoms with E-state index in [9.17, 15) is 13.6 Å². The first-order valence-corrected chi connectivity index (χ1v) is 6.40. The Morgan fingerprint density at radius 3 is 2.35 bits per heavy atom. The van der Waals surface area contributed by atoms with E-state index in [-0.39, 0.29) is 17.8 Å². The van der Waals surface area contributed by atoms with Crippen LogP contribution in [0.3, 0.4) is 0 Å². The zero-order valence-corrected chi connectivity index (χ0v) is 10.9. The molecule has 0 aliphatic carbocycles. The number of Topliss-reactive ketones (excluding diaryl/α,β-unsaturated/α-hetero) is 1. The van der Waals surface area contributed by atoms with Crippen molar-refractivity contribution < 1.29 is 13.6 Å². The summed E-state index contributed by atoms with van der Waals surface area (Å²) in [7, 11) is 0. The minimum atomic E-state index is -0.686. The molecule has 0 atom stereocenters. The molecule has 0 N–H and O–H groups in total. The van der Waals surface area contributed by atoms with Crippen molar-refractivity contribution in [1.82, 2.24) is 0 Å². The lowest BCUT2D eigenvalue weighted by atomic mass is 10.1. The molecule has 2 aromatic rings. The normalized spacial score (nSPS) is 10.5. The van der Waals surface area contributed by atoms with Crippen molar-refractivity contribution >= 4 is 33.0 Å². The third-order valence-corrected chi connectivity index (χ3v) is 3.91. The third kappa shape index (κ3) is 2.79. The lowest BCUT2D eigenvalue weighted by molar-refractivity contribution is 0.0994. The fourth-order valence-corrected chi connectivity index (χ4v) is 2.74. The average molecular weight is 317 g/mol. The molecule has 1 aromatic carbocycles. The molecule has 0 fully saturated rings. The quantitative estimate of drug-likeness (QED) is 0.775. The molecule has 17 heavy (non-hydrogen) atoms. The number of hydrogen-bond donors (Lipinski definition) is 0. The van der Waals surface area contributed by atoms with Crippen molar-refractivity contribution in [2.24, 2.45) is 0 Å². The van der Waals surface area contributed by atoms with Crippen molar-refractivity contribution in [3.8, 4) is 0 Å². The smallest absolute Gasteiger partial charge is 0.177 e. The van der Waals surface area contributed by atoms with Gasteiger partial charge in [-0.15, -0.1) is 11.3 Å². The van der Waals surface area contributed by atoms with Gasteiger partial charge in [0, 0.05) is 12.0 Å². The number of thiophene rings is 1. The number of benzene rings is 1. The fourth-order valence-electron chi connectivity index (χ4n) is 1.41. The van der Waals surface area contributed by atoms with Crippen LogP contribution >= 0.6 is 27.3 Å². The van der Waals surface area contributed by atoms with Gasteiger partial charge in [-0.3, -0.25) is 4.79 Å². The second-order valence-electron chi connectivity index (χ2n) is 3.40. The Hall–Kier alpha value is -1.07. The van der Waals surface area contributed by atoms with Crippen LogP contribution in [0.5, 0.6) is 0 Å². The molecule has 1 nitrogen and oxygen atoms in total. The first-order valence-electron chi connectivity index (χ1n) is 4.79. The molecule has 0 amide bonds. The highest BCUT2D eigenvalue weighted by molar-refractivity contribution is 9.11. The molecule has 0 unspecified atom stereocenters. The Kier molecular flexibility index (Phi) is 3.69. The molecule has 5 heteroatoms. The van der Waals surface area contributed by atoms with Crippen molar-refractivity contribution in [3.05, 3.63) is 56.2 Å². The van der Waals surface area contributed by atoms with E-state index in [0.717, 1.165) is 15.9 Å². The monoisotopic (exact) mass is 316 g/mol. The maximum Gasteiger partial charge on any atom is 0.177 e. The van der Waals surface area contributed by atoms with Crippen LogP contribution in [-0.2, 0) is 6.42 Å². The molecule has 0 saturated heterocycles. The highest BCUT2D eigenvalue weighted by Gasteiger charge is 2.15. The van der Waals surface area contributed by atoms with Gasteiger partial charge in [0.15, 0.2) is 5.78 Å². The van der Waals surface area contributed by atoms with Crippen LogP contribution in [0.2, 0.25) is 0 Å². The summed E-state index contributed by atoms with van der Waals surface area (Å²) >= 11 is 4.48. The van der Waals surface area contributed by atoms with Crippen LogP contribution in [0.25, 0.3) is 0 Å². The van der Waals surface area contributed by atoms with E-state index in [4.69, 9.17) is 0 Å². The molecule has 0 radical (unpaired) electrons. The summed E-state index contributed by atoms with van der Waals surface area (Å²) in [6, 6.07) is 6.94. The second-order valence-corrected chi connectivity index (χ2v) is 5.87. The van der Waals surface area contributed by atoms with Crippen molar-refractivity contribution in [3.63, 3.8) is 0 Å². The van der Waals surface area contributed by atoms with E-state index in [0.29, 0.717) is 4.88 Å². The molecule has 1 aromatic heterocycles. The number of rotatable bonds is 3. The van der Waals surface area contributed by atoms with Gasteiger partial charge in [0.05, 0.1) is 8.66 Å². The molecular formula is C12H7BrF2OS. The van der Waals surface area contributed by atoms with Gasteiger partial charge in [-0.25, -0.2) is 8.78 Å². The van der Waals surface area contributed by atoms with Crippen molar-refractivity contribution in [1.29, 1.82) is 0 Å². The Morgan fingerprint density at radius 2 is 1.82 bits per heavy atom. The van der Waals surface area contributed by atoms with Gasteiger partial charge in [0.1, 0.15) is 11.6 Å². The molecule has 0 spiro atoms. The SMILES string of the molecule is O=C(Cc1c(F)cccc1F)c1ccc(Br)s1. The minimum absolute atomic E-state index is 0.179. The molecule has 2 rings (SSSR count). The topological polar surface area (TPSA) is 17.1 Å². The molecule has 1 heterocycles. The number of carbonyl (C=O) groups is 1. The van der Waals surface area contributed by atoms with E-state index in [1.807, 2.05) is 0 Å². The van der Waals surface area contributed by atoms with Crippen LogP contribution < -0.4 is 0 Å². The van der Waals surface area contributed by atoms with Crippen LogP contribution in [0.1, 0.15) is 15.2 Å². The Labute approximate surface area is 109 Å². The lowest BCUT2D eigenvalue weighted by Gasteiger charge is -2.02. The highest BCUT2D eigenvalue weighted by Crippen LogP contribution is 2.24. The van der Waals surface area contributed by atoms with Crippen LogP contribution in [0.4, 0.5) is 8.78 Å². The van der Waals surface area contributed by atoms with Crippen molar-refractivity contribution in [2.45, 2.75) is 6.42 Å². The molecule has 0 saturated carbocycles. The van der Waals surface area contributed by atoms with E-state index in [2.05, 4.69) is 15.9 Å². The van der Waals surface area contributed by atoms with Gasteiger partial charge in [0.25, 0.3) is 0 Å². The van der Waals surface area contributed by atoms with Gasteiger partial charge in [-0.2, -0.15) is 0 Å². The number of halogens is 3. The van der Waals surface area contributed by atoms with Crippen molar-refractivity contribution in [2.75, 3.05) is 0 Å². The van der Waals surface area contributed by atoms with E-state index < -0.39 is 11.6 Å². The standard InChI is InChI=1S/C12H7BrF2OS/c13-12-5-4-11(17-12)10(16)6-7-8(14)2-1-3-9(7)15/h1-5H,6H2. The number of ketones is 1. The van der Waals surface area contributed by atoms with Crippen LogP contribution in [0, 0.1) is 11.6 Å². The van der Waals surface area contributed by atoms with Gasteiger partial charge >= 0.3 is 0 Å². The zero-order chi connectivity index (χ0) is 12.4. The summed E-state index contributed by atoms with van der Waals surface area (Å²) in [5, 5.41) is 0. The third-order valence-electron chi connectivity index (χ3n) is 2.25. The second kappa shape index (κ2) is 5.06. The number of hydrogen-bond acceptors (Lipinski definition) is 2. The van der Waals surface area contributed by atoms with E-state index >= 15 is 0 Å². The molecule has 88 valence electrons. The summed E-state index contributed by atoms with van der Waals surface area (Å²) < 4.78 is 27.5. The summed E-state index contributed by atoms with van der Waals surface area (Å²) in [4.78, 5) is 12.3. The molecule has 0 aliphatic heterocycles. The highest BCUT2D eigenvalue weighted by atomic mass is 79.9. The van der Waals surface area contributed by atoms with E-state index in [1.165, 1.54) is 17.4 Å². The van der Waals surface area contributed by atoms with Gasteiger partial charge < -0.3 is 0 Å². The van der Waals surface area contributed by atoms with Gasteiger partial charge in [-0.1, -0.05) is 6.07 Å². The minimum Gasteiger partial charge on any atom is -0.293 e. The van der Waals surface area contributed by atoms with Crippen LogP contribution in [0.15, 0.2) is 34.1 Å². The molecule has 0 bridgehead atoms. The lowest BCUT2D eigenvalue weighted by Crippen LogP contribution is -2.05. The van der Waals surface area contributed by atoms with Gasteiger partial charge in [0.2, 0.25) is 0 Å². The van der Waals surface area contributed by atoms with Gasteiger partial charge in [-0.05, 0) is 40.2 Å². The maximum atomic E-state index is 13.3. The zero-order valence-electron chi connectivity index (χ0n) is 8.54. The maximum absolute atomic E-state index is 13.3. The molecular weight excluding hydrogens is 310 g/mol. The summed E-state index contributed by atoms with van der Waals surface area (Å²) in [5.41, 5.74) is -0.179. The summed E-state index contributed by atoms with van der Waals surface area (Å²) in [5.74, 6) is -1.66. The fraction of sp³-hybridized carbons (Fsp3) is 0.0833. The van der Waals surface area contributed by atoms with Crippen LogP contribution in [-0.4, -0.2) is 5.78 Å².